The van der Waals surface area contributed by atoms with Crippen LogP contribution in [0.3, 0.4) is 0 Å². The van der Waals surface area contributed by atoms with Gasteiger partial charge >= 0.3 is 11.9 Å². The van der Waals surface area contributed by atoms with Gasteiger partial charge in [-0.15, -0.1) is 0 Å². The second kappa shape index (κ2) is 13.0. The molecule has 3 aromatic rings. The zero-order valence-electron chi connectivity index (χ0n) is 25.0. The number of carboxylic acids is 2. The molecule has 3 rings (SSSR count). The Morgan fingerprint density at radius 3 is 1.21 bits per heavy atom. The Bertz CT molecular complexity index is 1320. The van der Waals surface area contributed by atoms with Crippen LogP contribution >= 0.6 is 0 Å². The number of carbonyl (C=O) groups excluding carboxylic acids is 2. The number of aliphatic carboxylic acids is 2. The molecule has 0 spiro atoms. The summed E-state index contributed by atoms with van der Waals surface area (Å²) < 4.78 is 0. The smallest absolute Gasteiger partial charge is 0.326 e. The predicted molar refractivity (Wildman–Crippen MR) is 162 cm³/mol. The lowest BCUT2D eigenvalue weighted by atomic mass is 9.86. The van der Waals surface area contributed by atoms with Gasteiger partial charge in [-0.25, -0.2) is 9.59 Å². The Morgan fingerprint density at radius 1 is 0.595 bits per heavy atom. The lowest BCUT2D eigenvalue weighted by molar-refractivity contribution is -0.140. The third-order valence-electron chi connectivity index (χ3n) is 7.11. The van der Waals surface area contributed by atoms with Crippen LogP contribution in [-0.2, 0) is 33.3 Å². The van der Waals surface area contributed by atoms with Crippen molar-refractivity contribution in [2.24, 2.45) is 0 Å². The molecular formula is C34H40N2O6. The van der Waals surface area contributed by atoms with Gasteiger partial charge in [0.15, 0.2) is 0 Å². The van der Waals surface area contributed by atoms with Gasteiger partial charge in [0.25, 0.3) is 11.8 Å². The van der Waals surface area contributed by atoms with E-state index < -0.39 is 35.8 Å². The van der Waals surface area contributed by atoms with Crippen LogP contribution in [0.15, 0.2) is 72.8 Å². The Hall–Kier alpha value is -4.46. The van der Waals surface area contributed by atoms with Crippen molar-refractivity contribution in [3.05, 3.63) is 106 Å². The molecule has 4 N–H and O–H groups in total. The van der Waals surface area contributed by atoms with E-state index in [1.165, 1.54) is 24.3 Å². The van der Waals surface area contributed by atoms with E-state index in [9.17, 15) is 29.4 Å². The predicted octanol–water partition coefficient (Wildman–Crippen LogP) is 5.13. The first-order chi connectivity index (χ1) is 19.5. The van der Waals surface area contributed by atoms with Crippen molar-refractivity contribution in [1.82, 2.24) is 10.6 Å². The minimum absolute atomic E-state index is 0.0432. The van der Waals surface area contributed by atoms with Gasteiger partial charge < -0.3 is 20.8 Å². The average molecular weight is 573 g/mol. The number of carbonyl (C=O) groups is 4. The van der Waals surface area contributed by atoms with Crippen LogP contribution in [0.25, 0.3) is 0 Å². The maximum Gasteiger partial charge on any atom is 0.326 e. The monoisotopic (exact) mass is 572 g/mol. The molecule has 0 saturated carbocycles. The number of amides is 2. The second-order valence-electron chi connectivity index (χ2n) is 12.6. The third kappa shape index (κ3) is 8.77. The van der Waals surface area contributed by atoms with Crippen LogP contribution in [0.4, 0.5) is 0 Å². The third-order valence-corrected chi connectivity index (χ3v) is 7.11. The standard InChI is InChI=1S/C34H40N2O6/c1-33(2,3)25-14-10-21(11-15-25)18-27(31(39)40)35-29(37)23-8-7-9-24(20-23)30(38)36-28(32(41)42)19-22-12-16-26(17-13-22)34(4,5)6/h7-17,20,27-28H,18-19H2,1-6H3,(H,35,37)(H,36,38)(H,39,40)(H,41,42)/t27-,28-/m0/s1. The molecule has 8 heteroatoms. The number of hydrogen-bond donors (Lipinski definition) is 4. The van der Waals surface area contributed by atoms with Gasteiger partial charge in [-0.05, 0) is 51.3 Å². The molecule has 3 aromatic carbocycles. The molecule has 0 radical (unpaired) electrons. The van der Waals surface area contributed by atoms with E-state index in [2.05, 4.69) is 52.2 Å². The molecule has 222 valence electrons. The fourth-order valence-electron chi connectivity index (χ4n) is 4.44. The van der Waals surface area contributed by atoms with Crippen molar-refractivity contribution in [3.8, 4) is 0 Å². The Morgan fingerprint density at radius 2 is 0.929 bits per heavy atom. The molecule has 42 heavy (non-hydrogen) atoms. The van der Waals surface area contributed by atoms with Gasteiger partial charge in [0.05, 0.1) is 0 Å². The van der Waals surface area contributed by atoms with Gasteiger partial charge in [0.1, 0.15) is 12.1 Å². The summed E-state index contributed by atoms with van der Waals surface area (Å²) in [5.74, 6) is -3.68. The van der Waals surface area contributed by atoms with E-state index in [0.29, 0.717) is 0 Å². The van der Waals surface area contributed by atoms with Crippen molar-refractivity contribution >= 4 is 23.8 Å². The normalized spacial score (nSPS) is 13.1. The maximum absolute atomic E-state index is 13.0. The van der Waals surface area contributed by atoms with Crippen LogP contribution in [-0.4, -0.2) is 46.0 Å². The molecule has 8 nitrogen and oxygen atoms in total. The lowest BCUT2D eigenvalue weighted by Crippen LogP contribution is -2.43. The van der Waals surface area contributed by atoms with Gasteiger partial charge in [-0.2, -0.15) is 0 Å². The van der Waals surface area contributed by atoms with Crippen molar-refractivity contribution in [2.75, 3.05) is 0 Å². The highest BCUT2D eigenvalue weighted by Crippen LogP contribution is 2.23. The summed E-state index contributed by atoms with van der Waals surface area (Å²) in [6, 6.07) is 18.6. The molecule has 0 aliphatic rings. The minimum Gasteiger partial charge on any atom is -0.480 e. The summed E-state index contributed by atoms with van der Waals surface area (Å²) in [6.07, 6.45) is 0.172. The molecule has 0 aliphatic carbocycles. The van der Waals surface area contributed by atoms with Crippen LogP contribution in [0, 0.1) is 0 Å². The fraction of sp³-hybridized carbons (Fsp3) is 0.353. The molecular weight excluding hydrogens is 532 g/mol. The van der Waals surface area contributed by atoms with Crippen LogP contribution in [0.1, 0.15) is 84.5 Å². The van der Waals surface area contributed by atoms with E-state index in [0.717, 1.165) is 22.3 Å². The zero-order chi connectivity index (χ0) is 31.2. The highest BCUT2D eigenvalue weighted by Gasteiger charge is 2.24. The maximum atomic E-state index is 13.0. The van der Waals surface area contributed by atoms with Crippen LogP contribution in [0.5, 0.6) is 0 Å². The van der Waals surface area contributed by atoms with Crippen molar-refractivity contribution in [2.45, 2.75) is 77.3 Å². The molecule has 2 atom stereocenters. The van der Waals surface area contributed by atoms with Crippen molar-refractivity contribution < 1.29 is 29.4 Å². The second-order valence-corrected chi connectivity index (χ2v) is 12.6. The van der Waals surface area contributed by atoms with Gasteiger partial charge in [-0.3, -0.25) is 9.59 Å². The SMILES string of the molecule is CC(C)(C)c1ccc(C[C@H](NC(=O)c2cccc(C(=O)N[C@@H](Cc3ccc(C(C)(C)C)cc3)C(=O)O)c2)C(=O)O)cc1. The molecule has 0 heterocycles. The molecule has 0 aromatic heterocycles. The number of benzene rings is 3. The van der Waals surface area contributed by atoms with E-state index in [-0.39, 0.29) is 34.8 Å². The molecule has 0 aliphatic heterocycles. The van der Waals surface area contributed by atoms with Gasteiger partial charge in [-0.1, -0.05) is 96.1 Å². The van der Waals surface area contributed by atoms with Gasteiger partial charge in [0, 0.05) is 24.0 Å². The molecule has 0 fully saturated rings. The van der Waals surface area contributed by atoms with E-state index in [1.54, 1.807) is 0 Å². The van der Waals surface area contributed by atoms with Crippen LogP contribution < -0.4 is 10.6 Å². The molecule has 0 unspecified atom stereocenters. The zero-order valence-corrected chi connectivity index (χ0v) is 25.0. The average Bonchev–Trinajstić information content (AvgIpc) is 2.91. The summed E-state index contributed by atoms with van der Waals surface area (Å²) in [7, 11) is 0. The largest absolute Gasteiger partial charge is 0.480 e. The van der Waals surface area contributed by atoms with E-state index in [4.69, 9.17) is 0 Å². The van der Waals surface area contributed by atoms with E-state index in [1.807, 2.05) is 48.5 Å². The topological polar surface area (TPSA) is 133 Å². The summed E-state index contributed by atoms with van der Waals surface area (Å²) in [6.45, 7) is 12.5. The highest BCUT2D eigenvalue weighted by atomic mass is 16.4. The minimum atomic E-state index is -1.18. The highest BCUT2D eigenvalue weighted by molar-refractivity contribution is 6.01. The summed E-state index contributed by atoms with van der Waals surface area (Å²) in [4.78, 5) is 49.8. The molecule has 0 bridgehead atoms. The molecule has 2 amide bonds. The number of nitrogens with one attached hydrogen (secondary N) is 2. The summed E-state index contributed by atoms with van der Waals surface area (Å²) >= 11 is 0. The number of rotatable bonds is 10. The van der Waals surface area contributed by atoms with Crippen molar-refractivity contribution in [3.63, 3.8) is 0 Å². The summed E-state index contributed by atoms with van der Waals surface area (Å²) in [5, 5.41) is 24.6. The van der Waals surface area contributed by atoms with E-state index >= 15 is 0 Å². The first-order valence-corrected chi connectivity index (χ1v) is 13.9. The Balaban J connectivity index is 1.69. The Labute approximate surface area is 247 Å². The number of carboxylic acid groups (broad SMARTS) is 2. The quantitative estimate of drug-likeness (QED) is 0.266. The molecule has 0 saturated heterocycles. The first kappa shape index (κ1) is 32.1. The van der Waals surface area contributed by atoms with Crippen LogP contribution in [0.2, 0.25) is 0 Å². The lowest BCUT2D eigenvalue weighted by Gasteiger charge is -2.20. The number of hydrogen-bond acceptors (Lipinski definition) is 4. The van der Waals surface area contributed by atoms with Gasteiger partial charge in [0.2, 0.25) is 0 Å². The fourth-order valence-corrected chi connectivity index (χ4v) is 4.44. The van der Waals surface area contributed by atoms with Crippen molar-refractivity contribution in [1.29, 1.82) is 0 Å². The summed E-state index contributed by atoms with van der Waals surface area (Å²) in [5.41, 5.74) is 3.83. The Kier molecular flexibility index (Phi) is 9.94. The first-order valence-electron chi connectivity index (χ1n) is 13.9.